The van der Waals surface area contributed by atoms with Crippen LogP contribution in [0.4, 0.5) is 10.5 Å². The molecular weight excluding hydrogens is 364 g/mol. The number of hydrogen-bond acceptors (Lipinski definition) is 3. The number of rotatable bonds is 5. The minimum absolute atomic E-state index is 0.0600. The van der Waals surface area contributed by atoms with E-state index < -0.39 is 0 Å². The Morgan fingerprint density at radius 1 is 1.15 bits per heavy atom. The molecule has 142 valence electrons. The smallest absolute Gasteiger partial charge is 0.321 e. The van der Waals surface area contributed by atoms with Gasteiger partial charge in [-0.3, -0.25) is 9.69 Å². The van der Waals surface area contributed by atoms with E-state index in [2.05, 4.69) is 5.32 Å². The number of nitrogens with one attached hydrogen (secondary N) is 1. The highest BCUT2D eigenvalue weighted by Crippen LogP contribution is 2.50. The summed E-state index contributed by atoms with van der Waals surface area (Å²) in [6, 6.07) is 14.4. The fourth-order valence-corrected chi connectivity index (χ4v) is 3.24. The van der Waals surface area contributed by atoms with Crippen molar-refractivity contribution in [3.8, 4) is 5.75 Å². The summed E-state index contributed by atoms with van der Waals surface area (Å²) in [5.41, 5.74) is 1.71. The normalized spacial score (nSPS) is 18.1. The molecule has 2 unspecified atom stereocenters. The monoisotopic (exact) mass is 386 g/mol. The van der Waals surface area contributed by atoms with Crippen LogP contribution in [0.15, 0.2) is 48.5 Å². The first-order chi connectivity index (χ1) is 12.9. The van der Waals surface area contributed by atoms with Crippen molar-refractivity contribution in [2.24, 2.45) is 5.92 Å². The Bertz CT molecular complexity index is 836. The topological polar surface area (TPSA) is 58.6 Å². The van der Waals surface area contributed by atoms with E-state index in [1.807, 2.05) is 38.1 Å². The lowest BCUT2D eigenvalue weighted by Crippen LogP contribution is -2.40. The second-order valence-corrected chi connectivity index (χ2v) is 7.46. The Morgan fingerprint density at radius 3 is 2.44 bits per heavy atom. The van der Waals surface area contributed by atoms with Crippen LogP contribution in [0.3, 0.4) is 0 Å². The number of ether oxygens (including phenoxy) is 1. The summed E-state index contributed by atoms with van der Waals surface area (Å²) in [5.74, 6) is 0.171. The molecule has 1 N–H and O–H groups in total. The van der Waals surface area contributed by atoms with Gasteiger partial charge in [-0.25, -0.2) is 4.79 Å². The molecular formula is C21H23ClN2O3. The van der Waals surface area contributed by atoms with Crippen LogP contribution >= 0.6 is 11.6 Å². The van der Waals surface area contributed by atoms with Gasteiger partial charge in [0.25, 0.3) is 0 Å². The zero-order chi connectivity index (χ0) is 19.6. The van der Waals surface area contributed by atoms with E-state index in [1.165, 1.54) is 4.90 Å². The van der Waals surface area contributed by atoms with E-state index in [4.69, 9.17) is 16.3 Å². The van der Waals surface area contributed by atoms with Crippen molar-refractivity contribution in [2.45, 2.75) is 32.2 Å². The molecule has 0 heterocycles. The van der Waals surface area contributed by atoms with Crippen LogP contribution in [0.25, 0.3) is 0 Å². The molecule has 27 heavy (non-hydrogen) atoms. The summed E-state index contributed by atoms with van der Waals surface area (Å²) in [4.78, 5) is 25.9. The van der Waals surface area contributed by atoms with Crippen LogP contribution in [0, 0.1) is 5.92 Å². The molecule has 0 saturated heterocycles. The van der Waals surface area contributed by atoms with Crippen molar-refractivity contribution in [3.63, 3.8) is 0 Å². The third-order valence-corrected chi connectivity index (χ3v) is 4.90. The molecule has 5 nitrogen and oxygen atoms in total. The third kappa shape index (κ3) is 4.61. The summed E-state index contributed by atoms with van der Waals surface area (Å²) in [7, 11) is 1.69. The number of esters is 1. The van der Waals surface area contributed by atoms with E-state index in [0.717, 1.165) is 12.0 Å². The molecule has 6 heteroatoms. The molecule has 0 aromatic heterocycles. The lowest BCUT2D eigenvalue weighted by atomic mass is 10.1. The van der Waals surface area contributed by atoms with Gasteiger partial charge in [-0.1, -0.05) is 29.8 Å². The predicted octanol–water partition coefficient (Wildman–Crippen LogP) is 4.60. The largest absolute Gasteiger partial charge is 0.426 e. The van der Waals surface area contributed by atoms with Gasteiger partial charge >= 0.3 is 12.0 Å². The van der Waals surface area contributed by atoms with Crippen molar-refractivity contribution in [3.05, 3.63) is 59.1 Å². The first kappa shape index (κ1) is 19.2. The van der Waals surface area contributed by atoms with Crippen LogP contribution in [0.2, 0.25) is 5.02 Å². The van der Waals surface area contributed by atoms with Gasteiger partial charge in [-0.2, -0.15) is 0 Å². The van der Waals surface area contributed by atoms with Crippen LogP contribution in [0.5, 0.6) is 5.75 Å². The van der Waals surface area contributed by atoms with Crippen LogP contribution in [0.1, 0.15) is 31.7 Å². The fraction of sp³-hybridized carbons (Fsp3) is 0.333. The second-order valence-electron chi connectivity index (χ2n) is 7.05. The fourth-order valence-electron chi connectivity index (χ4n) is 2.97. The Kier molecular flexibility index (Phi) is 5.71. The van der Waals surface area contributed by atoms with E-state index in [1.54, 1.807) is 31.3 Å². The zero-order valence-electron chi connectivity index (χ0n) is 15.6. The molecule has 2 atom stereocenters. The highest BCUT2D eigenvalue weighted by atomic mass is 35.5. The summed E-state index contributed by atoms with van der Waals surface area (Å²) in [6.07, 6.45) is 0.749. The van der Waals surface area contributed by atoms with Crippen molar-refractivity contribution >= 4 is 29.3 Å². The molecule has 2 aromatic carbocycles. The van der Waals surface area contributed by atoms with Gasteiger partial charge in [0.1, 0.15) is 5.75 Å². The van der Waals surface area contributed by atoms with Gasteiger partial charge in [-0.05, 0) is 62.1 Å². The first-order valence-electron chi connectivity index (χ1n) is 8.97. The van der Waals surface area contributed by atoms with Crippen molar-refractivity contribution < 1.29 is 14.3 Å². The van der Waals surface area contributed by atoms with Crippen LogP contribution in [-0.4, -0.2) is 25.1 Å². The standard InChI is InChI=1S/C21H23ClN2O3/c1-13(2)23-21(26)24(3)14-8-10-15(11-9-14)27-20(25)18-12-17(18)16-6-4-5-7-19(16)22/h4-11,13,17-18H,12H2,1-3H3,(H,23,26). The maximum absolute atomic E-state index is 12.4. The maximum Gasteiger partial charge on any atom is 0.321 e. The van der Waals surface area contributed by atoms with Gasteiger partial charge in [0.2, 0.25) is 0 Å². The maximum atomic E-state index is 12.4. The number of benzene rings is 2. The molecule has 0 spiro atoms. The average Bonchev–Trinajstić information content (AvgIpc) is 3.42. The van der Waals surface area contributed by atoms with Crippen LogP contribution in [-0.2, 0) is 4.79 Å². The number of carbonyl (C=O) groups is 2. The molecule has 1 saturated carbocycles. The van der Waals surface area contributed by atoms with Crippen molar-refractivity contribution in [1.82, 2.24) is 5.32 Å². The molecule has 3 rings (SSSR count). The molecule has 2 amide bonds. The van der Waals surface area contributed by atoms with E-state index in [9.17, 15) is 9.59 Å². The molecule has 1 aliphatic rings. The highest BCUT2D eigenvalue weighted by molar-refractivity contribution is 6.31. The minimum Gasteiger partial charge on any atom is -0.426 e. The van der Waals surface area contributed by atoms with Gasteiger partial charge in [0, 0.05) is 23.8 Å². The minimum atomic E-state index is -0.251. The lowest BCUT2D eigenvalue weighted by Gasteiger charge is -2.20. The predicted molar refractivity (Wildman–Crippen MR) is 106 cm³/mol. The third-order valence-electron chi connectivity index (χ3n) is 4.56. The molecule has 0 bridgehead atoms. The summed E-state index contributed by atoms with van der Waals surface area (Å²) >= 11 is 6.20. The average molecular weight is 387 g/mol. The van der Waals surface area contributed by atoms with Gasteiger partial charge < -0.3 is 10.1 Å². The Morgan fingerprint density at radius 2 is 1.81 bits per heavy atom. The Balaban J connectivity index is 1.58. The summed E-state index contributed by atoms with van der Waals surface area (Å²) in [5, 5.41) is 3.51. The summed E-state index contributed by atoms with van der Waals surface area (Å²) < 4.78 is 5.49. The quantitative estimate of drug-likeness (QED) is 0.603. The van der Waals surface area contributed by atoms with Gasteiger partial charge in [0.05, 0.1) is 5.92 Å². The molecule has 1 aliphatic carbocycles. The van der Waals surface area contributed by atoms with Gasteiger partial charge in [-0.15, -0.1) is 0 Å². The molecule has 2 aromatic rings. The van der Waals surface area contributed by atoms with E-state index in [-0.39, 0.29) is 29.9 Å². The SMILES string of the molecule is CC(C)NC(=O)N(C)c1ccc(OC(=O)C2CC2c2ccccc2Cl)cc1. The number of carbonyl (C=O) groups excluding carboxylic acids is 2. The van der Waals surface area contributed by atoms with Gasteiger partial charge in [0.15, 0.2) is 0 Å². The Labute approximate surface area is 164 Å². The highest BCUT2D eigenvalue weighted by Gasteiger charge is 2.46. The molecule has 0 aliphatic heterocycles. The van der Waals surface area contributed by atoms with Crippen molar-refractivity contribution in [2.75, 3.05) is 11.9 Å². The molecule has 1 fully saturated rings. The summed E-state index contributed by atoms with van der Waals surface area (Å²) in [6.45, 7) is 3.81. The van der Waals surface area contributed by atoms with E-state index in [0.29, 0.717) is 16.5 Å². The zero-order valence-corrected chi connectivity index (χ0v) is 16.4. The molecule has 0 radical (unpaired) electrons. The van der Waals surface area contributed by atoms with Crippen molar-refractivity contribution in [1.29, 1.82) is 0 Å². The lowest BCUT2D eigenvalue weighted by molar-refractivity contribution is -0.135. The second kappa shape index (κ2) is 8.01. The number of halogens is 1. The number of anilines is 1. The number of urea groups is 1. The van der Waals surface area contributed by atoms with E-state index >= 15 is 0 Å². The Hall–Kier alpha value is -2.53. The number of nitrogens with zero attached hydrogens (tertiary/aromatic N) is 1. The number of amides is 2. The number of hydrogen-bond donors (Lipinski definition) is 1. The van der Waals surface area contributed by atoms with Crippen LogP contribution < -0.4 is 15.0 Å². The first-order valence-corrected chi connectivity index (χ1v) is 9.35.